The molecule has 0 bridgehead atoms. The van der Waals surface area contributed by atoms with Crippen LogP contribution in [0.2, 0.25) is 0 Å². The molecule has 0 saturated carbocycles. The minimum atomic E-state index is -4.47. The van der Waals surface area contributed by atoms with E-state index in [4.69, 9.17) is 4.84 Å². The number of hydrogen-bond acceptors (Lipinski definition) is 4. The van der Waals surface area contributed by atoms with Crippen LogP contribution in [0.5, 0.6) is 0 Å². The number of anilines is 1. The molecule has 2 aromatic rings. The Morgan fingerprint density at radius 2 is 1.86 bits per heavy atom. The van der Waals surface area contributed by atoms with Gasteiger partial charge in [0.15, 0.2) is 5.71 Å². The summed E-state index contributed by atoms with van der Waals surface area (Å²) in [6.45, 7) is 3.63. The summed E-state index contributed by atoms with van der Waals surface area (Å²) >= 11 is 0. The molecule has 0 aliphatic carbocycles. The van der Waals surface area contributed by atoms with Gasteiger partial charge in [-0.1, -0.05) is 49.3 Å². The third kappa shape index (κ3) is 4.64. The second kappa shape index (κ2) is 8.06. The van der Waals surface area contributed by atoms with E-state index in [1.165, 1.54) is 17.0 Å². The fourth-order valence-corrected chi connectivity index (χ4v) is 3.00. The van der Waals surface area contributed by atoms with Crippen LogP contribution in [0.4, 0.5) is 18.9 Å². The van der Waals surface area contributed by atoms with Gasteiger partial charge in [0.25, 0.3) is 5.91 Å². The molecule has 0 aromatic heterocycles. The topological polar surface area (TPSA) is 59.0 Å². The number of benzene rings is 2. The molecule has 1 aliphatic heterocycles. The van der Waals surface area contributed by atoms with Crippen LogP contribution < -0.4 is 4.90 Å². The summed E-state index contributed by atoms with van der Waals surface area (Å²) < 4.78 is 38.9. The molecular formula is C21H19F3N2O3. The van der Waals surface area contributed by atoms with E-state index in [9.17, 15) is 22.8 Å². The van der Waals surface area contributed by atoms with E-state index in [2.05, 4.69) is 5.16 Å². The molecule has 0 spiro atoms. The number of amides is 1. The van der Waals surface area contributed by atoms with E-state index < -0.39 is 23.6 Å². The molecule has 1 aliphatic rings. The highest BCUT2D eigenvalue weighted by Gasteiger charge is 2.35. The van der Waals surface area contributed by atoms with Gasteiger partial charge in [-0.15, -0.1) is 0 Å². The van der Waals surface area contributed by atoms with Gasteiger partial charge in [0.1, 0.15) is 0 Å². The fraction of sp³-hybridized carbons (Fsp3) is 0.286. The van der Waals surface area contributed by atoms with E-state index in [1.54, 1.807) is 24.3 Å². The summed E-state index contributed by atoms with van der Waals surface area (Å²) in [5, 5.41) is 3.74. The average molecular weight is 404 g/mol. The molecule has 5 nitrogen and oxygen atoms in total. The number of halogens is 3. The van der Waals surface area contributed by atoms with Crippen LogP contribution in [0.1, 0.15) is 37.0 Å². The Balaban J connectivity index is 1.88. The zero-order chi connectivity index (χ0) is 21.2. The number of carbonyl (C=O) groups excluding carboxylic acids is 2. The molecule has 0 fully saturated rings. The molecule has 152 valence electrons. The summed E-state index contributed by atoms with van der Waals surface area (Å²) in [6, 6.07) is 11.5. The maximum Gasteiger partial charge on any atom is 0.416 e. The molecule has 29 heavy (non-hydrogen) atoms. The first kappa shape index (κ1) is 20.6. The summed E-state index contributed by atoms with van der Waals surface area (Å²) in [5.74, 6) is -1.03. The first-order valence-corrected chi connectivity index (χ1v) is 9.02. The second-order valence-electron chi connectivity index (χ2n) is 7.11. The zero-order valence-electron chi connectivity index (χ0n) is 15.9. The highest BCUT2D eigenvalue weighted by Crippen LogP contribution is 2.33. The quantitative estimate of drug-likeness (QED) is 0.543. The van der Waals surface area contributed by atoms with Gasteiger partial charge in [-0.05, 0) is 29.7 Å². The second-order valence-corrected chi connectivity index (χ2v) is 7.11. The first-order valence-electron chi connectivity index (χ1n) is 9.02. The van der Waals surface area contributed by atoms with Crippen molar-refractivity contribution >= 4 is 23.3 Å². The lowest BCUT2D eigenvalue weighted by Crippen LogP contribution is -2.30. The lowest BCUT2D eigenvalue weighted by atomic mass is 10.1. The van der Waals surface area contributed by atoms with Crippen molar-refractivity contribution in [2.45, 2.75) is 33.0 Å². The minimum absolute atomic E-state index is 0.0512. The molecule has 2 aromatic carbocycles. The van der Waals surface area contributed by atoms with Crippen molar-refractivity contribution in [1.82, 2.24) is 0 Å². The summed E-state index contributed by atoms with van der Waals surface area (Å²) in [4.78, 5) is 30.8. The number of alkyl halides is 3. The van der Waals surface area contributed by atoms with Crippen LogP contribution in [-0.4, -0.2) is 17.6 Å². The Bertz CT molecular complexity index is 968. The lowest BCUT2D eigenvalue weighted by molar-refractivity contribution is -0.144. The van der Waals surface area contributed by atoms with E-state index in [0.29, 0.717) is 16.8 Å². The molecule has 3 rings (SSSR count). The number of rotatable bonds is 5. The summed E-state index contributed by atoms with van der Waals surface area (Å²) in [7, 11) is 0. The predicted molar refractivity (Wildman–Crippen MR) is 101 cm³/mol. The fourth-order valence-electron chi connectivity index (χ4n) is 3.00. The SMILES string of the molecule is CC(C)CC(=O)O/N=C1\C(=O)N(Cc2cccc(C(F)(F)F)c2)c2ccccc21. The number of nitrogens with zero attached hydrogens (tertiary/aromatic N) is 2. The van der Waals surface area contributed by atoms with Gasteiger partial charge >= 0.3 is 12.1 Å². The highest BCUT2D eigenvalue weighted by molar-refractivity contribution is 6.54. The van der Waals surface area contributed by atoms with Gasteiger partial charge in [0.2, 0.25) is 0 Å². The van der Waals surface area contributed by atoms with Crippen LogP contribution in [0.3, 0.4) is 0 Å². The average Bonchev–Trinajstić information content (AvgIpc) is 2.91. The molecule has 0 unspecified atom stereocenters. The smallest absolute Gasteiger partial charge is 0.317 e. The van der Waals surface area contributed by atoms with Crippen molar-refractivity contribution in [2.75, 3.05) is 4.90 Å². The van der Waals surface area contributed by atoms with Crippen molar-refractivity contribution in [2.24, 2.45) is 11.1 Å². The van der Waals surface area contributed by atoms with Gasteiger partial charge in [-0.3, -0.25) is 4.79 Å². The largest absolute Gasteiger partial charge is 0.416 e. The van der Waals surface area contributed by atoms with Gasteiger partial charge in [-0.25, -0.2) is 4.79 Å². The van der Waals surface area contributed by atoms with Gasteiger partial charge in [0.05, 0.1) is 24.2 Å². The Morgan fingerprint density at radius 3 is 2.55 bits per heavy atom. The Kier molecular flexibility index (Phi) is 5.72. The van der Waals surface area contributed by atoms with Crippen molar-refractivity contribution in [1.29, 1.82) is 0 Å². The maximum absolute atomic E-state index is 13.0. The van der Waals surface area contributed by atoms with E-state index in [-0.39, 0.29) is 24.6 Å². The minimum Gasteiger partial charge on any atom is -0.317 e. The van der Waals surface area contributed by atoms with Crippen LogP contribution in [0, 0.1) is 5.92 Å². The van der Waals surface area contributed by atoms with Gasteiger partial charge in [0, 0.05) is 5.56 Å². The summed E-state index contributed by atoms with van der Waals surface area (Å²) in [6.07, 6.45) is -4.32. The lowest BCUT2D eigenvalue weighted by Gasteiger charge is -2.17. The number of hydrogen-bond donors (Lipinski definition) is 0. The van der Waals surface area contributed by atoms with E-state index in [1.807, 2.05) is 13.8 Å². The van der Waals surface area contributed by atoms with Crippen molar-refractivity contribution in [3.63, 3.8) is 0 Å². The molecule has 8 heteroatoms. The third-order valence-corrected chi connectivity index (χ3v) is 4.31. The van der Waals surface area contributed by atoms with Gasteiger partial charge < -0.3 is 9.74 Å². The number of oxime groups is 1. The van der Waals surface area contributed by atoms with E-state index >= 15 is 0 Å². The Labute approximate surface area is 165 Å². The van der Waals surface area contributed by atoms with E-state index in [0.717, 1.165) is 12.1 Å². The standard InChI is InChI=1S/C21H19F3N2O3/c1-13(2)10-18(27)29-25-19-16-8-3-4-9-17(16)26(20(19)28)12-14-6-5-7-15(11-14)21(22,23)24/h3-9,11,13H,10,12H2,1-2H3/b25-19-. The van der Waals surface area contributed by atoms with Crippen LogP contribution in [-0.2, 0) is 27.1 Å². The third-order valence-electron chi connectivity index (χ3n) is 4.31. The zero-order valence-corrected chi connectivity index (χ0v) is 15.9. The molecule has 0 atom stereocenters. The number of carbonyl (C=O) groups is 2. The van der Waals surface area contributed by atoms with Crippen molar-refractivity contribution in [3.8, 4) is 0 Å². The predicted octanol–water partition coefficient (Wildman–Crippen LogP) is 4.55. The Morgan fingerprint density at radius 1 is 1.14 bits per heavy atom. The van der Waals surface area contributed by atoms with Crippen LogP contribution in [0.25, 0.3) is 0 Å². The normalized spacial score (nSPS) is 15.2. The first-order chi connectivity index (χ1) is 13.7. The molecule has 0 N–H and O–H groups in total. The van der Waals surface area contributed by atoms with Crippen LogP contribution >= 0.6 is 0 Å². The van der Waals surface area contributed by atoms with Crippen molar-refractivity contribution in [3.05, 3.63) is 65.2 Å². The maximum atomic E-state index is 13.0. The molecule has 1 heterocycles. The molecule has 1 amide bonds. The van der Waals surface area contributed by atoms with Crippen LogP contribution in [0.15, 0.2) is 53.7 Å². The number of fused-ring (bicyclic) bond motifs is 1. The molecule has 0 saturated heterocycles. The molecular weight excluding hydrogens is 385 g/mol. The summed E-state index contributed by atoms with van der Waals surface area (Å²) in [5.41, 5.74) is 0.438. The Hall–Kier alpha value is -3.16. The number of para-hydroxylation sites is 1. The monoisotopic (exact) mass is 404 g/mol. The van der Waals surface area contributed by atoms with Crippen molar-refractivity contribution < 1.29 is 27.6 Å². The van der Waals surface area contributed by atoms with Gasteiger partial charge in [-0.2, -0.15) is 13.2 Å². The highest BCUT2D eigenvalue weighted by atomic mass is 19.4. The molecule has 0 radical (unpaired) electrons.